The summed E-state index contributed by atoms with van der Waals surface area (Å²) in [5.74, 6) is 1.68. The normalized spacial score (nSPS) is 26.4. The van der Waals surface area contributed by atoms with Gasteiger partial charge < -0.3 is 15.0 Å². The molecule has 1 aromatic heterocycles. The minimum absolute atomic E-state index is 0.106. The van der Waals surface area contributed by atoms with Crippen molar-refractivity contribution in [2.24, 2.45) is 0 Å². The van der Waals surface area contributed by atoms with Gasteiger partial charge in [0.1, 0.15) is 11.9 Å². The van der Waals surface area contributed by atoms with Crippen LogP contribution in [-0.4, -0.2) is 29.7 Å². The van der Waals surface area contributed by atoms with Gasteiger partial charge in [-0.3, -0.25) is 0 Å². The highest BCUT2D eigenvalue weighted by molar-refractivity contribution is 5.19. The van der Waals surface area contributed by atoms with E-state index >= 15 is 0 Å². The van der Waals surface area contributed by atoms with E-state index in [1.54, 1.807) is 0 Å². The predicted octanol–water partition coefficient (Wildman–Crippen LogP) is 2.43. The van der Waals surface area contributed by atoms with Crippen LogP contribution in [0, 0.1) is 6.92 Å². The molecule has 18 heavy (non-hydrogen) atoms. The molecule has 0 radical (unpaired) electrons. The van der Waals surface area contributed by atoms with Gasteiger partial charge in [-0.05, 0) is 19.8 Å². The number of aromatic amines is 1. The first-order valence-corrected chi connectivity index (χ1v) is 7.23. The van der Waals surface area contributed by atoms with Crippen LogP contribution in [0.25, 0.3) is 0 Å². The van der Waals surface area contributed by atoms with E-state index in [4.69, 9.17) is 9.72 Å². The number of hydrogen-bond acceptors (Lipinski definition) is 3. The lowest BCUT2D eigenvalue weighted by molar-refractivity contribution is 0.0225. The van der Waals surface area contributed by atoms with E-state index in [0.717, 1.165) is 25.5 Å². The molecule has 1 unspecified atom stereocenters. The van der Waals surface area contributed by atoms with Gasteiger partial charge in [0.2, 0.25) is 0 Å². The Morgan fingerprint density at radius 2 is 2.06 bits per heavy atom. The standard InChI is InChI=1S/C14H23N3O/c1-10-13(11-5-3-2-4-6-11)17-14(16-10)12-9-15-7-8-18-12/h11-12,15H,2-9H2,1H3,(H,16,17). The number of rotatable bonds is 2. The first kappa shape index (κ1) is 12.2. The van der Waals surface area contributed by atoms with Gasteiger partial charge in [-0.1, -0.05) is 19.3 Å². The van der Waals surface area contributed by atoms with Crippen LogP contribution in [0.5, 0.6) is 0 Å². The lowest BCUT2D eigenvalue weighted by Crippen LogP contribution is -2.33. The summed E-state index contributed by atoms with van der Waals surface area (Å²) in [5, 5.41) is 3.36. The first-order valence-electron chi connectivity index (χ1n) is 7.23. The Balaban J connectivity index is 1.76. The zero-order chi connectivity index (χ0) is 12.4. The minimum Gasteiger partial charge on any atom is -0.368 e. The Labute approximate surface area is 109 Å². The van der Waals surface area contributed by atoms with Gasteiger partial charge in [-0.2, -0.15) is 0 Å². The van der Waals surface area contributed by atoms with Crippen molar-refractivity contribution in [1.29, 1.82) is 0 Å². The number of nitrogens with zero attached hydrogens (tertiary/aromatic N) is 1. The quantitative estimate of drug-likeness (QED) is 0.846. The molecule has 0 spiro atoms. The number of morpholine rings is 1. The molecule has 4 nitrogen and oxygen atoms in total. The molecule has 0 aromatic carbocycles. The molecule has 0 amide bonds. The van der Waals surface area contributed by atoms with Crippen molar-refractivity contribution in [2.45, 2.75) is 51.0 Å². The smallest absolute Gasteiger partial charge is 0.137 e. The summed E-state index contributed by atoms with van der Waals surface area (Å²) in [5.41, 5.74) is 2.53. The van der Waals surface area contributed by atoms with Gasteiger partial charge in [-0.15, -0.1) is 0 Å². The largest absolute Gasteiger partial charge is 0.368 e. The molecule has 1 aliphatic carbocycles. The van der Waals surface area contributed by atoms with Crippen molar-refractivity contribution in [1.82, 2.24) is 15.3 Å². The Morgan fingerprint density at radius 3 is 2.78 bits per heavy atom. The van der Waals surface area contributed by atoms with Crippen LogP contribution in [0.3, 0.4) is 0 Å². The highest BCUT2D eigenvalue weighted by Gasteiger charge is 2.24. The summed E-state index contributed by atoms with van der Waals surface area (Å²) in [6.07, 6.45) is 6.81. The maximum atomic E-state index is 5.76. The number of hydrogen-bond donors (Lipinski definition) is 2. The number of aromatic nitrogens is 2. The zero-order valence-corrected chi connectivity index (χ0v) is 11.2. The van der Waals surface area contributed by atoms with E-state index in [-0.39, 0.29) is 6.10 Å². The molecule has 100 valence electrons. The predicted molar refractivity (Wildman–Crippen MR) is 70.7 cm³/mol. The Morgan fingerprint density at radius 1 is 1.22 bits per heavy atom. The molecule has 2 N–H and O–H groups in total. The second-order valence-corrected chi connectivity index (χ2v) is 5.53. The van der Waals surface area contributed by atoms with E-state index in [1.165, 1.54) is 43.5 Å². The van der Waals surface area contributed by atoms with Crippen LogP contribution in [0.15, 0.2) is 0 Å². The molecule has 4 heteroatoms. The van der Waals surface area contributed by atoms with Crippen molar-refractivity contribution in [3.63, 3.8) is 0 Å². The molecular weight excluding hydrogens is 226 g/mol. The highest BCUT2D eigenvalue weighted by Crippen LogP contribution is 2.34. The molecule has 1 aliphatic heterocycles. The van der Waals surface area contributed by atoms with E-state index in [9.17, 15) is 0 Å². The summed E-state index contributed by atoms with van der Waals surface area (Å²) >= 11 is 0. The molecule has 2 heterocycles. The summed E-state index contributed by atoms with van der Waals surface area (Å²) in [4.78, 5) is 8.27. The van der Waals surface area contributed by atoms with Gasteiger partial charge in [0.25, 0.3) is 0 Å². The molecule has 1 aromatic rings. The number of nitrogens with one attached hydrogen (secondary N) is 2. The fourth-order valence-corrected chi connectivity index (χ4v) is 3.16. The summed E-state index contributed by atoms with van der Waals surface area (Å²) in [6.45, 7) is 4.75. The third kappa shape index (κ3) is 2.45. The van der Waals surface area contributed by atoms with Crippen molar-refractivity contribution < 1.29 is 4.74 Å². The fraction of sp³-hybridized carbons (Fsp3) is 0.786. The van der Waals surface area contributed by atoms with Crippen molar-refractivity contribution >= 4 is 0 Å². The molecule has 0 bridgehead atoms. The molecule has 1 atom stereocenters. The maximum Gasteiger partial charge on any atom is 0.137 e. The molecular formula is C14H23N3O. The van der Waals surface area contributed by atoms with Crippen molar-refractivity contribution in [2.75, 3.05) is 19.7 Å². The summed E-state index contributed by atoms with van der Waals surface area (Å²) < 4.78 is 5.76. The van der Waals surface area contributed by atoms with Crippen LogP contribution in [0.1, 0.15) is 61.3 Å². The van der Waals surface area contributed by atoms with E-state index in [1.807, 2.05) is 0 Å². The topological polar surface area (TPSA) is 49.9 Å². The lowest BCUT2D eigenvalue weighted by Gasteiger charge is -2.22. The van der Waals surface area contributed by atoms with Gasteiger partial charge in [0, 0.05) is 24.7 Å². The number of imidazole rings is 1. The van der Waals surface area contributed by atoms with Crippen LogP contribution < -0.4 is 5.32 Å². The summed E-state index contributed by atoms with van der Waals surface area (Å²) in [7, 11) is 0. The second kappa shape index (κ2) is 5.41. The SMILES string of the molecule is Cc1[nH]c(C2CNCCO2)nc1C1CCCCC1. The van der Waals surface area contributed by atoms with Gasteiger partial charge in [0.05, 0.1) is 12.3 Å². The Kier molecular flexibility index (Phi) is 3.66. The molecule has 2 fully saturated rings. The van der Waals surface area contributed by atoms with E-state index in [2.05, 4.69) is 17.2 Å². The van der Waals surface area contributed by atoms with Crippen LogP contribution >= 0.6 is 0 Å². The van der Waals surface area contributed by atoms with Crippen molar-refractivity contribution in [3.05, 3.63) is 17.2 Å². The third-order valence-corrected chi connectivity index (χ3v) is 4.17. The van der Waals surface area contributed by atoms with Gasteiger partial charge >= 0.3 is 0 Å². The maximum absolute atomic E-state index is 5.76. The lowest BCUT2D eigenvalue weighted by atomic mass is 9.86. The monoisotopic (exact) mass is 249 g/mol. The van der Waals surface area contributed by atoms with Crippen LogP contribution in [0.2, 0.25) is 0 Å². The summed E-state index contributed by atoms with van der Waals surface area (Å²) in [6, 6.07) is 0. The molecule has 3 rings (SSSR count). The van der Waals surface area contributed by atoms with E-state index in [0.29, 0.717) is 5.92 Å². The van der Waals surface area contributed by atoms with Crippen LogP contribution in [0.4, 0.5) is 0 Å². The Hall–Kier alpha value is -0.870. The van der Waals surface area contributed by atoms with Crippen LogP contribution in [-0.2, 0) is 4.74 Å². The zero-order valence-electron chi connectivity index (χ0n) is 11.2. The average molecular weight is 249 g/mol. The first-order chi connectivity index (χ1) is 8.84. The van der Waals surface area contributed by atoms with Crippen molar-refractivity contribution in [3.8, 4) is 0 Å². The number of H-pyrrole nitrogens is 1. The number of aryl methyl sites for hydroxylation is 1. The molecule has 1 saturated carbocycles. The second-order valence-electron chi connectivity index (χ2n) is 5.53. The number of ether oxygens (including phenoxy) is 1. The Bertz CT molecular complexity index is 390. The van der Waals surface area contributed by atoms with Gasteiger partial charge in [0.15, 0.2) is 0 Å². The minimum atomic E-state index is 0.106. The van der Waals surface area contributed by atoms with E-state index < -0.39 is 0 Å². The molecule has 1 saturated heterocycles. The highest BCUT2D eigenvalue weighted by atomic mass is 16.5. The average Bonchev–Trinajstić information content (AvgIpc) is 2.83. The molecule has 2 aliphatic rings. The van der Waals surface area contributed by atoms with Gasteiger partial charge in [-0.25, -0.2) is 4.98 Å². The fourth-order valence-electron chi connectivity index (χ4n) is 3.16. The third-order valence-electron chi connectivity index (χ3n) is 4.17.